The van der Waals surface area contributed by atoms with Crippen molar-refractivity contribution in [3.05, 3.63) is 0 Å². The van der Waals surface area contributed by atoms with E-state index in [2.05, 4.69) is 5.32 Å². The summed E-state index contributed by atoms with van der Waals surface area (Å²) >= 11 is 0. The number of nitrogens with zero attached hydrogens (tertiary/aromatic N) is 1. The fourth-order valence-electron chi connectivity index (χ4n) is 0.333. The fraction of sp³-hybridized carbons (Fsp3) is 0.250. The average molecular weight is 160 g/mol. The molecule has 11 heavy (non-hydrogen) atoms. The molecule has 0 saturated heterocycles. The van der Waals surface area contributed by atoms with Crippen molar-refractivity contribution in [2.24, 2.45) is 5.84 Å². The van der Waals surface area contributed by atoms with Crippen LogP contribution in [0.3, 0.4) is 0 Å². The number of carbonyl (C=O) groups is 3. The van der Waals surface area contributed by atoms with E-state index < -0.39 is 12.1 Å². The summed E-state index contributed by atoms with van der Waals surface area (Å²) in [5.74, 6) is 4.91. The van der Waals surface area contributed by atoms with Gasteiger partial charge in [0, 0.05) is 7.05 Å². The van der Waals surface area contributed by atoms with Crippen LogP contribution in [0.4, 0.5) is 9.59 Å². The van der Waals surface area contributed by atoms with Crippen LogP contribution >= 0.6 is 0 Å². The summed E-state index contributed by atoms with van der Waals surface area (Å²) in [6.45, 7) is 0. The van der Waals surface area contributed by atoms with Gasteiger partial charge in [-0.3, -0.25) is 10.1 Å². The van der Waals surface area contributed by atoms with Gasteiger partial charge in [-0.15, -0.1) is 0 Å². The molecule has 5 amide bonds. The van der Waals surface area contributed by atoms with E-state index in [0.717, 1.165) is 0 Å². The summed E-state index contributed by atoms with van der Waals surface area (Å²) < 4.78 is 0. The van der Waals surface area contributed by atoms with Crippen molar-refractivity contribution in [3.63, 3.8) is 0 Å². The summed E-state index contributed by atoms with van der Waals surface area (Å²) in [6, 6.07) is -1.79. The number of nitrogens with one attached hydrogen (secondary N) is 2. The second-order valence-electron chi connectivity index (χ2n) is 1.49. The number of hydrogen-bond acceptors (Lipinski definition) is 4. The number of urea groups is 2. The molecule has 0 saturated carbocycles. The van der Waals surface area contributed by atoms with E-state index in [1.54, 1.807) is 5.32 Å². The van der Waals surface area contributed by atoms with Gasteiger partial charge in [0.2, 0.25) is 6.41 Å². The van der Waals surface area contributed by atoms with Crippen molar-refractivity contribution in [1.29, 1.82) is 0 Å². The summed E-state index contributed by atoms with van der Waals surface area (Å²) in [4.78, 5) is 30.8. The van der Waals surface area contributed by atoms with Gasteiger partial charge in [0.15, 0.2) is 0 Å². The molecule has 0 aromatic rings. The van der Waals surface area contributed by atoms with Crippen molar-refractivity contribution in [2.45, 2.75) is 0 Å². The Hall–Kier alpha value is -1.63. The molecule has 0 aliphatic carbocycles. The third-order valence-electron chi connectivity index (χ3n) is 0.834. The topological polar surface area (TPSA) is 105 Å². The number of nitrogens with two attached hydrogens (primary N) is 1. The Morgan fingerprint density at radius 3 is 2.36 bits per heavy atom. The molecule has 7 nitrogen and oxygen atoms in total. The Morgan fingerprint density at radius 1 is 1.45 bits per heavy atom. The van der Waals surface area contributed by atoms with E-state index in [9.17, 15) is 14.4 Å². The van der Waals surface area contributed by atoms with Gasteiger partial charge in [0.25, 0.3) is 0 Å². The Balaban J connectivity index is 4.01. The van der Waals surface area contributed by atoms with E-state index in [1.807, 2.05) is 0 Å². The monoisotopic (exact) mass is 160 g/mol. The summed E-state index contributed by atoms with van der Waals surface area (Å²) in [6.07, 6.45) is 0.130. The maximum absolute atomic E-state index is 10.5. The molecule has 0 fully saturated rings. The van der Waals surface area contributed by atoms with Gasteiger partial charge in [0.05, 0.1) is 0 Å². The van der Waals surface area contributed by atoms with Crippen LogP contribution < -0.4 is 16.5 Å². The molecule has 7 heteroatoms. The van der Waals surface area contributed by atoms with Crippen molar-refractivity contribution in [3.8, 4) is 0 Å². The maximum Gasteiger partial charge on any atom is 0.346 e. The molecule has 0 aromatic heterocycles. The maximum atomic E-state index is 10.5. The van der Waals surface area contributed by atoms with Crippen LogP contribution in [0.1, 0.15) is 0 Å². The van der Waals surface area contributed by atoms with Gasteiger partial charge in [-0.1, -0.05) is 0 Å². The molecule has 4 N–H and O–H groups in total. The normalized spacial score (nSPS) is 8.18. The third kappa shape index (κ3) is 2.63. The minimum absolute atomic E-state index is 0.130. The Kier molecular flexibility index (Phi) is 3.60. The SMILES string of the molecule is CNC(=O)N(N)C(=O)NC=O. The highest BCUT2D eigenvalue weighted by Gasteiger charge is 2.14. The molecule has 0 rings (SSSR count). The first-order valence-corrected chi connectivity index (χ1v) is 2.64. The number of hydrogen-bond donors (Lipinski definition) is 3. The van der Waals surface area contributed by atoms with E-state index in [0.29, 0.717) is 0 Å². The van der Waals surface area contributed by atoms with E-state index in [4.69, 9.17) is 5.84 Å². The van der Waals surface area contributed by atoms with E-state index >= 15 is 0 Å². The van der Waals surface area contributed by atoms with E-state index in [-0.39, 0.29) is 11.4 Å². The molecule has 0 radical (unpaired) electrons. The lowest BCUT2D eigenvalue weighted by Crippen LogP contribution is -2.51. The minimum Gasteiger partial charge on any atom is -0.340 e. The molecule has 0 aromatic carbocycles. The lowest BCUT2D eigenvalue weighted by atomic mass is 10.8. The zero-order valence-electron chi connectivity index (χ0n) is 5.83. The van der Waals surface area contributed by atoms with Crippen LogP contribution in [0.5, 0.6) is 0 Å². The highest BCUT2D eigenvalue weighted by atomic mass is 16.2. The van der Waals surface area contributed by atoms with E-state index in [1.165, 1.54) is 7.05 Å². The van der Waals surface area contributed by atoms with Gasteiger partial charge in [-0.2, -0.15) is 5.01 Å². The minimum atomic E-state index is -0.987. The Labute approximate surface area is 62.5 Å². The van der Waals surface area contributed by atoms with Crippen LogP contribution in [0.15, 0.2) is 0 Å². The second kappa shape index (κ2) is 4.23. The molecule has 0 bridgehead atoms. The van der Waals surface area contributed by atoms with Gasteiger partial charge in [-0.25, -0.2) is 15.4 Å². The van der Waals surface area contributed by atoms with Crippen molar-refractivity contribution in [1.82, 2.24) is 15.6 Å². The lowest BCUT2D eigenvalue weighted by Gasteiger charge is -2.11. The Bertz CT molecular complexity index is 180. The molecule has 0 unspecified atom stereocenters. The summed E-state index contributed by atoms with van der Waals surface area (Å²) in [7, 11) is 1.30. The highest BCUT2D eigenvalue weighted by molar-refractivity contribution is 5.96. The predicted molar refractivity (Wildman–Crippen MR) is 35.1 cm³/mol. The lowest BCUT2D eigenvalue weighted by molar-refractivity contribution is -0.108. The highest BCUT2D eigenvalue weighted by Crippen LogP contribution is 1.78. The van der Waals surface area contributed by atoms with Crippen molar-refractivity contribution >= 4 is 18.5 Å². The second-order valence-corrected chi connectivity index (χ2v) is 1.49. The van der Waals surface area contributed by atoms with Crippen LogP contribution in [0, 0.1) is 0 Å². The molecule has 0 aliphatic rings. The standard InChI is InChI=1S/C4H8N4O3/c1-6-3(10)8(5)4(11)7-2-9/h2H,5H2,1H3,(H,6,10)(H,7,9,11). The number of imide groups is 2. The molecule has 0 spiro atoms. The number of hydrazine groups is 1. The van der Waals surface area contributed by atoms with Gasteiger partial charge in [0.1, 0.15) is 0 Å². The number of carbonyl (C=O) groups excluding carboxylic acids is 3. The predicted octanol–water partition coefficient (Wildman–Crippen LogP) is -1.63. The number of amides is 5. The Morgan fingerprint density at radius 2 is 2.00 bits per heavy atom. The first-order chi connectivity index (χ1) is 5.13. The largest absolute Gasteiger partial charge is 0.346 e. The zero-order valence-corrected chi connectivity index (χ0v) is 5.83. The molecule has 0 aliphatic heterocycles. The molecule has 0 heterocycles. The van der Waals surface area contributed by atoms with Crippen molar-refractivity contribution in [2.75, 3.05) is 7.05 Å². The van der Waals surface area contributed by atoms with Gasteiger partial charge in [-0.05, 0) is 0 Å². The van der Waals surface area contributed by atoms with Crippen molar-refractivity contribution < 1.29 is 14.4 Å². The molecule has 62 valence electrons. The quantitative estimate of drug-likeness (QED) is 0.185. The summed E-state index contributed by atoms with van der Waals surface area (Å²) in [5, 5.41) is 4.01. The summed E-state index contributed by atoms with van der Waals surface area (Å²) in [5.41, 5.74) is 0. The molecular weight excluding hydrogens is 152 g/mol. The zero-order chi connectivity index (χ0) is 8.85. The fourth-order valence-corrected chi connectivity index (χ4v) is 0.333. The van der Waals surface area contributed by atoms with Crippen LogP contribution in [0.2, 0.25) is 0 Å². The van der Waals surface area contributed by atoms with Crippen LogP contribution in [-0.2, 0) is 4.79 Å². The first kappa shape index (κ1) is 9.37. The van der Waals surface area contributed by atoms with Gasteiger partial charge < -0.3 is 5.32 Å². The smallest absolute Gasteiger partial charge is 0.340 e. The first-order valence-electron chi connectivity index (χ1n) is 2.64. The van der Waals surface area contributed by atoms with Gasteiger partial charge >= 0.3 is 12.1 Å². The van der Waals surface area contributed by atoms with Crippen LogP contribution in [-0.4, -0.2) is 30.5 Å². The molecule has 0 atom stereocenters. The number of rotatable bonds is 1. The van der Waals surface area contributed by atoms with Crippen LogP contribution in [0.25, 0.3) is 0 Å². The molecular formula is C4H8N4O3. The third-order valence-corrected chi connectivity index (χ3v) is 0.834. The average Bonchev–Trinajstić information content (AvgIpc) is 2.02.